The lowest BCUT2D eigenvalue weighted by Gasteiger charge is -2.40. The van der Waals surface area contributed by atoms with Crippen LogP contribution in [0.5, 0.6) is 5.75 Å². The summed E-state index contributed by atoms with van der Waals surface area (Å²) in [5.41, 5.74) is -0.0664. The van der Waals surface area contributed by atoms with Gasteiger partial charge in [-0.3, -0.25) is 19.4 Å². The molecule has 0 aliphatic carbocycles. The third kappa shape index (κ3) is 5.36. The Labute approximate surface area is 166 Å². The molecular formula is C18H20N2O7S. The Balaban J connectivity index is 2.38. The second-order valence-corrected chi connectivity index (χ2v) is 7.13. The SMILES string of the molecule is CC(=O)O[C@@H]1[C@@H](OC(C)=O)[C@H](OC(C)=O)CS[C@H]1Oc1c(C#N)ccnc1C. The first-order valence-electron chi connectivity index (χ1n) is 8.38. The average molecular weight is 408 g/mol. The van der Waals surface area contributed by atoms with Gasteiger partial charge in [-0.15, -0.1) is 11.8 Å². The molecule has 2 heterocycles. The van der Waals surface area contributed by atoms with Crippen LogP contribution in [0.3, 0.4) is 0 Å². The molecule has 10 heteroatoms. The van der Waals surface area contributed by atoms with E-state index in [2.05, 4.69) is 4.98 Å². The van der Waals surface area contributed by atoms with Crippen molar-refractivity contribution in [3.63, 3.8) is 0 Å². The molecule has 150 valence electrons. The number of thioether (sulfide) groups is 1. The number of nitrogens with zero attached hydrogens (tertiary/aromatic N) is 2. The van der Waals surface area contributed by atoms with Gasteiger partial charge in [-0.2, -0.15) is 5.26 Å². The Hall–Kier alpha value is -2.80. The van der Waals surface area contributed by atoms with E-state index in [1.54, 1.807) is 6.92 Å². The van der Waals surface area contributed by atoms with Gasteiger partial charge in [-0.25, -0.2) is 0 Å². The Kier molecular flexibility index (Phi) is 7.23. The maximum Gasteiger partial charge on any atom is 0.303 e. The first-order chi connectivity index (χ1) is 13.2. The van der Waals surface area contributed by atoms with Crippen molar-refractivity contribution in [2.24, 2.45) is 0 Å². The van der Waals surface area contributed by atoms with Crippen molar-refractivity contribution in [1.82, 2.24) is 4.98 Å². The van der Waals surface area contributed by atoms with E-state index in [4.69, 9.17) is 18.9 Å². The number of pyridine rings is 1. The predicted molar refractivity (Wildman–Crippen MR) is 97.2 cm³/mol. The molecule has 9 nitrogen and oxygen atoms in total. The molecule has 0 radical (unpaired) electrons. The minimum Gasteiger partial charge on any atom is -0.472 e. The van der Waals surface area contributed by atoms with E-state index in [1.807, 2.05) is 6.07 Å². The summed E-state index contributed by atoms with van der Waals surface area (Å²) in [5.74, 6) is -1.32. The lowest BCUT2D eigenvalue weighted by atomic mass is 10.1. The molecule has 1 aromatic rings. The van der Waals surface area contributed by atoms with Crippen molar-refractivity contribution in [2.75, 3.05) is 5.75 Å². The van der Waals surface area contributed by atoms with Crippen LogP contribution >= 0.6 is 11.8 Å². The standard InChI is InChI=1S/C18H20N2O7S/c1-9-15(13(7-19)5-6-20-9)27-18-17(26-12(4)23)16(25-11(3)22)14(8-28-18)24-10(2)21/h5-6,14,16-18H,8H2,1-4H3/t14-,16+,17-,18-/m1/s1. The van der Waals surface area contributed by atoms with E-state index >= 15 is 0 Å². The minimum absolute atomic E-state index is 0.237. The molecule has 0 bridgehead atoms. The minimum atomic E-state index is -1.06. The number of aryl methyl sites for hydroxylation is 1. The number of hydrogen-bond acceptors (Lipinski definition) is 10. The van der Waals surface area contributed by atoms with E-state index in [-0.39, 0.29) is 17.1 Å². The molecule has 0 saturated carbocycles. The quantitative estimate of drug-likeness (QED) is 0.523. The van der Waals surface area contributed by atoms with Crippen LogP contribution in [0.15, 0.2) is 12.3 Å². The van der Waals surface area contributed by atoms with Crippen molar-refractivity contribution in [1.29, 1.82) is 5.26 Å². The second-order valence-electron chi connectivity index (χ2n) is 6.00. The highest BCUT2D eigenvalue weighted by Crippen LogP contribution is 2.35. The third-order valence-corrected chi connectivity index (χ3v) is 4.96. The number of carbonyl (C=O) groups is 3. The van der Waals surface area contributed by atoms with Crippen LogP contribution in [-0.4, -0.2) is 52.4 Å². The molecular weight excluding hydrogens is 388 g/mol. The van der Waals surface area contributed by atoms with Crippen LogP contribution in [0.2, 0.25) is 0 Å². The van der Waals surface area contributed by atoms with Gasteiger partial charge in [0.1, 0.15) is 6.07 Å². The first-order valence-corrected chi connectivity index (χ1v) is 9.43. The van der Waals surface area contributed by atoms with Gasteiger partial charge < -0.3 is 18.9 Å². The largest absolute Gasteiger partial charge is 0.472 e. The number of nitriles is 1. The van der Waals surface area contributed by atoms with Gasteiger partial charge in [0.05, 0.1) is 11.3 Å². The second kappa shape index (κ2) is 9.41. The molecule has 0 aromatic carbocycles. The Morgan fingerprint density at radius 3 is 2.29 bits per heavy atom. The van der Waals surface area contributed by atoms with Gasteiger partial charge in [-0.1, -0.05) is 0 Å². The van der Waals surface area contributed by atoms with Gasteiger partial charge in [0, 0.05) is 32.7 Å². The molecule has 2 rings (SSSR count). The van der Waals surface area contributed by atoms with Gasteiger partial charge in [-0.05, 0) is 13.0 Å². The molecule has 1 fully saturated rings. The molecule has 4 atom stereocenters. The van der Waals surface area contributed by atoms with Gasteiger partial charge in [0.2, 0.25) is 0 Å². The zero-order chi connectivity index (χ0) is 20.8. The van der Waals surface area contributed by atoms with E-state index in [0.29, 0.717) is 5.69 Å². The maximum atomic E-state index is 11.7. The van der Waals surface area contributed by atoms with E-state index in [0.717, 1.165) is 0 Å². The summed E-state index contributed by atoms with van der Waals surface area (Å²) in [6.07, 6.45) is -1.45. The van der Waals surface area contributed by atoms with E-state index in [9.17, 15) is 19.6 Å². The molecule has 0 N–H and O–H groups in total. The smallest absolute Gasteiger partial charge is 0.303 e. The van der Waals surface area contributed by atoms with Crippen molar-refractivity contribution in [2.45, 2.75) is 51.4 Å². The molecule has 0 spiro atoms. The van der Waals surface area contributed by atoms with Crippen LogP contribution in [0.1, 0.15) is 32.0 Å². The summed E-state index contributed by atoms with van der Waals surface area (Å²) >= 11 is 1.21. The molecule has 0 unspecified atom stereocenters. The van der Waals surface area contributed by atoms with Crippen molar-refractivity contribution in [3.05, 3.63) is 23.5 Å². The van der Waals surface area contributed by atoms with Crippen molar-refractivity contribution < 1.29 is 33.3 Å². The van der Waals surface area contributed by atoms with Gasteiger partial charge >= 0.3 is 17.9 Å². The summed E-state index contributed by atoms with van der Waals surface area (Å²) in [5, 5.41) is 9.32. The van der Waals surface area contributed by atoms with Crippen molar-refractivity contribution >= 4 is 29.7 Å². The topological polar surface area (TPSA) is 125 Å². The summed E-state index contributed by atoms with van der Waals surface area (Å²) in [4.78, 5) is 38.8. The van der Waals surface area contributed by atoms with Crippen LogP contribution in [-0.2, 0) is 28.6 Å². The Morgan fingerprint density at radius 2 is 1.71 bits per heavy atom. The summed E-state index contributed by atoms with van der Waals surface area (Å²) < 4.78 is 21.9. The monoisotopic (exact) mass is 408 g/mol. The fourth-order valence-electron chi connectivity index (χ4n) is 2.72. The van der Waals surface area contributed by atoms with Gasteiger partial charge in [0.25, 0.3) is 0 Å². The number of aromatic nitrogens is 1. The lowest BCUT2D eigenvalue weighted by molar-refractivity contribution is -0.186. The molecule has 1 aliphatic heterocycles. The number of carbonyl (C=O) groups excluding carboxylic acids is 3. The van der Waals surface area contributed by atoms with Crippen LogP contribution < -0.4 is 4.74 Å². The highest BCUT2D eigenvalue weighted by Gasteiger charge is 2.48. The fraction of sp³-hybridized carbons (Fsp3) is 0.500. The first kappa shape index (κ1) is 21.5. The molecule has 1 saturated heterocycles. The average Bonchev–Trinajstić information content (AvgIpc) is 2.60. The molecule has 0 amide bonds. The van der Waals surface area contributed by atoms with Crippen molar-refractivity contribution in [3.8, 4) is 11.8 Å². The van der Waals surface area contributed by atoms with Crippen LogP contribution in [0, 0.1) is 18.3 Å². The highest BCUT2D eigenvalue weighted by molar-refractivity contribution is 7.99. The fourth-order valence-corrected chi connectivity index (χ4v) is 3.92. The number of rotatable bonds is 5. The third-order valence-electron chi connectivity index (χ3n) is 3.74. The normalized spacial score (nSPS) is 23.8. The summed E-state index contributed by atoms with van der Waals surface area (Å²) in [7, 11) is 0. The zero-order valence-electron chi connectivity index (χ0n) is 15.8. The number of hydrogen-bond donors (Lipinski definition) is 0. The number of esters is 3. The van der Waals surface area contributed by atoms with E-state index < -0.39 is 41.7 Å². The maximum absolute atomic E-state index is 11.7. The molecule has 28 heavy (non-hydrogen) atoms. The molecule has 1 aromatic heterocycles. The van der Waals surface area contributed by atoms with Crippen LogP contribution in [0.25, 0.3) is 0 Å². The zero-order valence-corrected chi connectivity index (χ0v) is 16.6. The summed E-state index contributed by atoms with van der Waals surface area (Å²) in [6.45, 7) is 5.32. The Bertz CT molecular complexity index is 808. The lowest BCUT2D eigenvalue weighted by Crippen LogP contribution is -2.55. The van der Waals surface area contributed by atoms with Crippen LogP contribution in [0.4, 0.5) is 0 Å². The highest BCUT2D eigenvalue weighted by atomic mass is 32.2. The molecule has 1 aliphatic rings. The summed E-state index contributed by atoms with van der Waals surface area (Å²) in [6, 6.07) is 3.53. The Morgan fingerprint density at radius 1 is 1.11 bits per heavy atom. The predicted octanol–water partition coefficient (Wildman–Crippen LogP) is 1.51. The number of ether oxygens (including phenoxy) is 4. The van der Waals surface area contributed by atoms with E-state index in [1.165, 1.54) is 44.8 Å². The van der Waals surface area contributed by atoms with Gasteiger partial charge in [0.15, 0.2) is 29.5 Å².